The lowest BCUT2D eigenvalue weighted by Gasteiger charge is -2.07. The second-order valence-electron chi connectivity index (χ2n) is 9.73. The molecule has 228 valence electrons. The van der Waals surface area contributed by atoms with Crippen molar-refractivity contribution in [2.24, 2.45) is 4.99 Å². The number of para-hydroxylation sites is 2. The van der Waals surface area contributed by atoms with Crippen molar-refractivity contribution >= 4 is 34.4 Å². The van der Waals surface area contributed by atoms with Crippen LogP contribution >= 0.6 is 0 Å². The standard InChI is InChI=1S/C17H18N2O.C9H9NO2.C8H11N.CH4.H2O/c1-11-7-5-8-12(2)17(11)18-13(3)15-9-6-10-16(19-15)14(4)20;1-6(11)8-4-3-5-9(10-8)7(2)12;1-6-4-3-5-7(2)8(6)9;;/h5-10H,1-4H3;3-5H,1-2H3;3-5H,9H2,1-2H3;1H4;1H2. The summed E-state index contributed by atoms with van der Waals surface area (Å²) in [6.45, 7) is 14.4. The number of nitrogen functional groups attached to an aromatic ring is 1. The maximum atomic E-state index is 11.4. The summed E-state index contributed by atoms with van der Waals surface area (Å²) in [6.07, 6.45) is 0. The van der Waals surface area contributed by atoms with Crippen LogP contribution in [0.25, 0.3) is 0 Å². The minimum Gasteiger partial charge on any atom is -0.412 e. The molecule has 0 atom stereocenters. The molecule has 4 rings (SSSR count). The lowest BCUT2D eigenvalue weighted by Crippen LogP contribution is -2.04. The molecule has 4 N–H and O–H groups in total. The first-order valence-electron chi connectivity index (χ1n) is 13.2. The van der Waals surface area contributed by atoms with Crippen LogP contribution in [-0.2, 0) is 0 Å². The Balaban J connectivity index is 0.000000657. The monoisotopic (exact) mass is 584 g/mol. The van der Waals surface area contributed by atoms with Crippen LogP contribution < -0.4 is 5.73 Å². The van der Waals surface area contributed by atoms with Gasteiger partial charge in [0.1, 0.15) is 17.1 Å². The van der Waals surface area contributed by atoms with Gasteiger partial charge in [-0.1, -0.05) is 56.0 Å². The zero-order valence-corrected chi connectivity index (χ0v) is 25.6. The number of hydrogen-bond acceptors (Lipinski definition) is 7. The molecule has 2 aromatic carbocycles. The van der Waals surface area contributed by atoms with Gasteiger partial charge in [-0.05, 0) is 81.1 Å². The van der Waals surface area contributed by atoms with Crippen LogP contribution in [0.5, 0.6) is 0 Å². The van der Waals surface area contributed by atoms with Crippen LogP contribution in [0.3, 0.4) is 0 Å². The number of nitrogens with two attached hydrogens (primary N) is 1. The fourth-order valence-electron chi connectivity index (χ4n) is 3.69. The predicted octanol–water partition coefficient (Wildman–Crippen LogP) is 7.23. The first-order valence-corrected chi connectivity index (χ1v) is 13.2. The number of anilines is 1. The van der Waals surface area contributed by atoms with E-state index in [1.54, 1.807) is 24.3 Å². The number of carbonyl (C=O) groups is 3. The molecule has 0 radical (unpaired) electrons. The summed E-state index contributed by atoms with van der Waals surface area (Å²) in [4.78, 5) is 46.0. The van der Waals surface area contributed by atoms with Gasteiger partial charge in [0.15, 0.2) is 17.3 Å². The average molecular weight is 585 g/mol. The summed E-state index contributed by atoms with van der Waals surface area (Å²) < 4.78 is 0. The van der Waals surface area contributed by atoms with Gasteiger partial charge in [-0.15, -0.1) is 0 Å². The highest BCUT2D eigenvalue weighted by Gasteiger charge is 2.07. The van der Waals surface area contributed by atoms with Crippen molar-refractivity contribution in [2.75, 3.05) is 5.73 Å². The van der Waals surface area contributed by atoms with E-state index in [1.165, 1.54) is 20.8 Å². The summed E-state index contributed by atoms with van der Waals surface area (Å²) in [5.74, 6) is -0.289. The fraction of sp³-hybridized carbons (Fsp3) is 0.257. The number of ketones is 3. The Bertz CT molecular complexity index is 1520. The highest BCUT2D eigenvalue weighted by Crippen LogP contribution is 2.24. The van der Waals surface area contributed by atoms with Crippen molar-refractivity contribution in [1.29, 1.82) is 0 Å². The molecule has 8 heteroatoms. The van der Waals surface area contributed by atoms with Gasteiger partial charge in [-0.3, -0.25) is 19.4 Å². The highest BCUT2D eigenvalue weighted by molar-refractivity contribution is 6.00. The smallest absolute Gasteiger partial charge is 0.178 e. The third-order valence-electron chi connectivity index (χ3n) is 6.21. The fourth-order valence-corrected chi connectivity index (χ4v) is 3.69. The molecule has 0 bridgehead atoms. The summed E-state index contributed by atoms with van der Waals surface area (Å²) >= 11 is 0. The Morgan fingerprint density at radius 3 is 1.21 bits per heavy atom. The topological polar surface area (TPSA) is 147 Å². The molecule has 0 spiro atoms. The molecule has 43 heavy (non-hydrogen) atoms. The van der Waals surface area contributed by atoms with Gasteiger partial charge in [0.25, 0.3) is 0 Å². The zero-order valence-electron chi connectivity index (χ0n) is 25.6. The molecular weight excluding hydrogens is 540 g/mol. The molecular formula is C35H44N4O4. The van der Waals surface area contributed by atoms with Gasteiger partial charge in [0.2, 0.25) is 0 Å². The molecule has 0 unspecified atom stereocenters. The molecule has 0 aliphatic carbocycles. The van der Waals surface area contributed by atoms with Crippen LogP contribution in [0.4, 0.5) is 11.4 Å². The van der Waals surface area contributed by atoms with Gasteiger partial charge in [-0.25, -0.2) is 9.97 Å². The van der Waals surface area contributed by atoms with E-state index in [9.17, 15) is 14.4 Å². The molecule has 8 nitrogen and oxygen atoms in total. The number of benzene rings is 2. The number of aromatic nitrogens is 2. The molecule has 2 aromatic heterocycles. The number of Topliss-reactive ketones (excluding diaryl/α,β-unsaturated/α-hetero) is 3. The van der Waals surface area contributed by atoms with Crippen molar-refractivity contribution in [3.63, 3.8) is 0 Å². The largest absolute Gasteiger partial charge is 0.412 e. The number of hydrogen-bond donors (Lipinski definition) is 1. The molecule has 0 aliphatic heterocycles. The minimum absolute atomic E-state index is 0. The van der Waals surface area contributed by atoms with Gasteiger partial charge >= 0.3 is 0 Å². The number of aryl methyl sites for hydroxylation is 4. The third-order valence-corrected chi connectivity index (χ3v) is 6.21. The number of nitrogens with zero attached hydrogens (tertiary/aromatic N) is 3. The van der Waals surface area contributed by atoms with Gasteiger partial charge in [-0.2, -0.15) is 0 Å². The van der Waals surface area contributed by atoms with Crippen LogP contribution in [0, 0.1) is 27.7 Å². The van der Waals surface area contributed by atoms with Crippen molar-refractivity contribution < 1.29 is 19.9 Å². The van der Waals surface area contributed by atoms with Crippen LogP contribution in [0.1, 0.15) is 94.5 Å². The number of rotatable bonds is 5. The number of carbonyl (C=O) groups excluding carboxylic acids is 3. The number of aliphatic imine (C=N–C) groups is 1. The van der Waals surface area contributed by atoms with Crippen LogP contribution in [0.2, 0.25) is 0 Å². The normalized spacial score (nSPS) is 10.0. The van der Waals surface area contributed by atoms with Gasteiger partial charge < -0.3 is 11.2 Å². The van der Waals surface area contributed by atoms with Crippen molar-refractivity contribution in [3.8, 4) is 0 Å². The summed E-state index contributed by atoms with van der Waals surface area (Å²) in [5, 5.41) is 0. The molecule has 4 aromatic rings. The van der Waals surface area contributed by atoms with E-state index in [-0.39, 0.29) is 30.3 Å². The van der Waals surface area contributed by atoms with E-state index >= 15 is 0 Å². The molecule has 0 aliphatic rings. The highest BCUT2D eigenvalue weighted by atomic mass is 16.1. The summed E-state index contributed by atoms with van der Waals surface area (Å²) in [6, 6.07) is 22.4. The quantitative estimate of drug-likeness (QED) is 0.149. The minimum atomic E-state index is -0.127. The summed E-state index contributed by atoms with van der Waals surface area (Å²) in [5.41, 5.74) is 14.8. The third kappa shape index (κ3) is 11.5. The van der Waals surface area contributed by atoms with Crippen LogP contribution in [-0.4, -0.2) is 38.5 Å². The zero-order chi connectivity index (χ0) is 30.7. The molecule has 0 saturated carbocycles. The van der Waals surface area contributed by atoms with Crippen LogP contribution in [0.15, 0.2) is 77.8 Å². The van der Waals surface area contributed by atoms with E-state index in [0.29, 0.717) is 17.1 Å². The molecule has 0 fully saturated rings. The van der Waals surface area contributed by atoms with Gasteiger partial charge in [0, 0.05) is 26.5 Å². The van der Waals surface area contributed by atoms with E-state index < -0.39 is 0 Å². The summed E-state index contributed by atoms with van der Waals surface area (Å²) in [7, 11) is 0. The Labute approximate surface area is 255 Å². The van der Waals surface area contributed by atoms with Gasteiger partial charge in [0.05, 0.1) is 17.1 Å². The van der Waals surface area contributed by atoms with Crippen molar-refractivity contribution in [1.82, 2.24) is 9.97 Å². The Hall–Kier alpha value is -4.82. The Kier molecular flexibility index (Phi) is 15.9. The second-order valence-corrected chi connectivity index (χ2v) is 9.73. The second kappa shape index (κ2) is 17.9. The van der Waals surface area contributed by atoms with Crippen molar-refractivity contribution in [2.45, 2.75) is 62.8 Å². The molecule has 0 saturated heterocycles. The van der Waals surface area contributed by atoms with E-state index in [1.807, 2.05) is 83.1 Å². The van der Waals surface area contributed by atoms with E-state index in [0.717, 1.165) is 45.0 Å². The SMILES string of the molecule is C.CC(=O)c1cccc(C(C)=Nc2c(C)cccc2C)n1.CC(=O)c1cccc(C(C)=O)n1.Cc1cccc(C)c1N.O. The van der Waals surface area contributed by atoms with Crippen molar-refractivity contribution in [3.05, 3.63) is 118 Å². The number of pyridine rings is 2. The lowest BCUT2D eigenvalue weighted by molar-refractivity contribution is 0.0995. The predicted molar refractivity (Wildman–Crippen MR) is 177 cm³/mol. The van der Waals surface area contributed by atoms with E-state index in [2.05, 4.69) is 15.0 Å². The molecule has 2 heterocycles. The Morgan fingerprint density at radius 2 is 0.860 bits per heavy atom. The first-order chi connectivity index (χ1) is 19.3. The molecule has 0 amide bonds. The maximum absolute atomic E-state index is 11.4. The average Bonchev–Trinajstić information content (AvgIpc) is 2.94. The van der Waals surface area contributed by atoms with E-state index in [4.69, 9.17) is 5.73 Å². The maximum Gasteiger partial charge on any atom is 0.178 e. The lowest BCUT2D eigenvalue weighted by atomic mass is 10.1. The first kappa shape index (κ1) is 38.2. The Morgan fingerprint density at radius 1 is 0.558 bits per heavy atom.